The van der Waals surface area contributed by atoms with Gasteiger partial charge in [-0.2, -0.15) is 13.2 Å². The molecule has 1 rings (SSSR count). The Morgan fingerprint density at radius 1 is 1.07 bits per heavy atom. The molecule has 0 saturated carbocycles. The standard InChI is InChI=1S/C19H28F3N3O3/c1-5-25(11-16(26)24-18(2,3)4)17(27)23-10-14-6-8-15(9-7-14)12-28-13-19(20,21)22/h6-9H,5,10-13H2,1-4H3,(H,23,27)(H,24,26). The van der Waals surface area contributed by atoms with Gasteiger partial charge in [0.2, 0.25) is 5.91 Å². The molecule has 0 atom stereocenters. The highest BCUT2D eigenvalue weighted by Gasteiger charge is 2.27. The molecule has 28 heavy (non-hydrogen) atoms. The lowest BCUT2D eigenvalue weighted by Gasteiger charge is -2.25. The van der Waals surface area contributed by atoms with Crippen molar-refractivity contribution in [2.24, 2.45) is 0 Å². The molecule has 158 valence electrons. The molecule has 6 nitrogen and oxygen atoms in total. The van der Waals surface area contributed by atoms with Crippen LogP contribution in [0.25, 0.3) is 0 Å². The monoisotopic (exact) mass is 403 g/mol. The molecule has 0 radical (unpaired) electrons. The van der Waals surface area contributed by atoms with Gasteiger partial charge in [0.25, 0.3) is 0 Å². The first-order valence-corrected chi connectivity index (χ1v) is 8.95. The van der Waals surface area contributed by atoms with Gasteiger partial charge < -0.3 is 20.3 Å². The molecule has 0 aliphatic carbocycles. The van der Waals surface area contributed by atoms with Gasteiger partial charge >= 0.3 is 12.2 Å². The van der Waals surface area contributed by atoms with Crippen LogP contribution in [0, 0.1) is 0 Å². The summed E-state index contributed by atoms with van der Waals surface area (Å²) in [4.78, 5) is 25.6. The lowest BCUT2D eigenvalue weighted by atomic mass is 10.1. The molecule has 1 aromatic carbocycles. The summed E-state index contributed by atoms with van der Waals surface area (Å²) in [6, 6.07) is 6.33. The molecular formula is C19H28F3N3O3. The Balaban J connectivity index is 2.47. The Hall–Kier alpha value is -2.29. The number of alkyl halides is 3. The molecule has 0 heterocycles. The van der Waals surface area contributed by atoms with Crippen LogP contribution >= 0.6 is 0 Å². The lowest BCUT2D eigenvalue weighted by molar-refractivity contribution is -0.176. The van der Waals surface area contributed by atoms with Crippen molar-refractivity contribution < 1.29 is 27.5 Å². The van der Waals surface area contributed by atoms with E-state index >= 15 is 0 Å². The highest BCUT2D eigenvalue weighted by atomic mass is 19.4. The molecule has 1 aromatic rings. The number of rotatable bonds is 8. The second-order valence-electron chi connectivity index (χ2n) is 7.40. The van der Waals surface area contributed by atoms with Gasteiger partial charge in [0.15, 0.2) is 0 Å². The molecule has 0 fully saturated rings. The van der Waals surface area contributed by atoms with Crippen LogP contribution in [0.3, 0.4) is 0 Å². The van der Waals surface area contributed by atoms with E-state index in [0.29, 0.717) is 12.1 Å². The zero-order valence-corrected chi connectivity index (χ0v) is 16.7. The second-order valence-corrected chi connectivity index (χ2v) is 7.40. The average Bonchev–Trinajstić information content (AvgIpc) is 2.56. The van der Waals surface area contributed by atoms with Gasteiger partial charge in [-0.05, 0) is 38.8 Å². The first-order chi connectivity index (χ1) is 12.9. The first kappa shape index (κ1) is 23.7. The highest BCUT2D eigenvalue weighted by molar-refractivity contribution is 5.84. The van der Waals surface area contributed by atoms with Crippen molar-refractivity contribution in [2.45, 2.75) is 52.6 Å². The van der Waals surface area contributed by atoms with Crippen molar-refractivity contribution in [2.75, 3.05) is 19.7 Å². The molecule has 0 spiro atoms. The summed E-state index contributed by atoms with van der Waals surface area (Å²) in [5.74, 6) is -0.243. The van der Waals surface area contributed by atoms with Gasteiger partial charge in [0.05, 0.1) is 6.61 Å². The Bertz CT molecular complexity index is 641. The third-order valence-corrected chi connectivity index (χ3v) is 3.52. The van der Waals surface area contributed by atoms with Crippen LogP contribution in [-0.4, -0.2) is 48.2 Å². The number of hydrogen-bond donors (Lipinski definition) is 2. The maximum absolute atomic E-state index is 12.3. The molecule has 3 amide bonds. The quantitative estimate of drug-likeness (QED) is 0.700. The molecule has 0 aromatic heterocycles. The Labute approximate surface area is 163 Å². The van der Waals surface area contributed by atoms with E-state index in [1.165, 1.54) is 4.90 Å². The molecule has 0 aliphatic rings. The second kappa shape index (κ2) is 10.3. The highest BCUT2D eigenvalue weighted by Crippen LogP contribution is 2.15. The average molecular weight is 403 g/mol. The largest absolute Gasteiger partial charge is 0.411 e. The van der Waals surface area contributed by atoms with E-state index in [0.717, 1.165) is 5.56 Å². The fourth-order valence-electron chi connectivity index (χ4n) is 2.29. The minimum atomic E-state index is -4.35. The number of likely N-dealkylation sites (N-methyl/N-ethyl adjacent to an activating group) is 1. The Morgan fingerprint density at radius 3 is 2.14 bits per heavy atom. The first-order valence-electron chi connectivity index (χ1n) is 8.95. The van der Waals surface area contributed by atoms with Gasteiger partial charge in [-0.15, -0.1) is 0 Å². The predicted octanol–water partition coefficient (Wildman–Crippen LogP) is 3.21. The van der Waals surface area contributed by atoms with Crippen molar-refractivity contribution in [3.63, 3.8) is 0 Å². The van der Waals surface area contributed by atoms with Crippen LogP contribution in [0.4, 0.5) is 18.0 Å². The maximum atomic E-state index is 12.3. The fourth-order valence-corrected chi connectivity index (χ4v) is 2.29. The number of urea groups is 1. The molecular weight excluding hydrogens is 375 g/mol. The summed E-state index contributed by atoms with van der Waals surface area (Å²) in [7, 11) is 0. The summed E-state index contributed by atoms with van der Waals surface area (Å²) in [6.45, 7) is 6.49. The van der Waals surface area contributed by atoms with E-state index in [2.05, 4.69) is 15.4 Å². The third kappa shape index (κ3) is 10.1. The van der Waals surface area contributed by atoms with E-state index in [-0.39, 0.29) is 37.2 Å². The van der Waals surface area contributed by atoms with Crippen molar-refractivity contribution in [1.29, 1.82) is 0 Å². The van der Waals surface area contributed by atoms with Crippen LogP contribution in [0.1, 0.15) is 38.8 Å². The van der Waals surface area contributed by atoms with Gasteiger partial charge in [-0.25, -0.2) is 4.79 Å². The van der Waals surface area contributed by atoms with Gasteiger partial charge in [0, 0.05) is 18.6 Å². The summed E-state index contributed by atoms with van der Waals surface area (Å²) >= 11 is 0. The number of ether oxygens (including phenoxy) is 1. The van der Waals surface area contributed by atoms with E-state index in [9.17, 15) is 22.8 Å². The number of carbonyl (C=O) groups is 2. The SMILES string of the molecule is CCN(CC(=O)NC(C)(C)C)C(=O)NCc1ccc(COCC(F)(F)F)cc1. The van der Waals surface area contributed by atoms with Crippen molar-refractivity contribution >= 4 is 11.9 Å². The fraction of sp³-hybridized carbons (Fsp3) is 0.579. The van der Waals surface area contributed by atoms with E-state index in [4.69, 9.17) is 0 Å². The summed E-state index contributed by atoms with van der Waals surface area (Å²) in [5, 5.41) is 5.53. The summed E-state index contributed by atoms with van der Waals surface area (Å²) in [6.07, 6.45) is -4.35. The van der Waals surface area contributed by atoms with Crippen LogP contribution in [0.5, 0.6) is 0 Å². The summed E-state index contributed by atoms with van der Waals surface area (Å²) < 4.78 is 40.8. The lowest BCUT2D eigenvalue weighted by Crippen LogP contribution is -2.49. The molecule has 0 unspecified atom stereocenters. The summed E-state index contributed by atoms with van der Waals surface area (Å²) in [5.41, 5.74) is 1.01. The van der Waals surface area contributed by atoms with E-state index < -0.39 is 12.8 Å². The third-order valence-electron chi connectivity index (χ3n) is 3.52. The predicted molar refractivity (Wildman–Crippen MR) is 99.5 cm³/mol. The number of halogens is 3. The number of carbonyl (C=O) groups excluding carboxylic acids is 2. The normalized spacial score (nSPS) is 11.8. The molecule has 0 aliphatic heterocycles. The number of nitrogens with zero attached hydrogens (tertiary/aromatic N) is 1. The minimum absolute atomic E-state index is 0.0465. The van der Waals surface area contributed by atoms with E-state index in [1.807, 2.05) is 20.8 Å². The number of nitrogens with one attached hydrogen (secondary N) is 2. The van der Waals surface area contributed by atoms with Gasteiger partial charge in [-0.3, -0.25) is 4.79 Å². The number of benzene rings is 1. The number of amides is 3. The van der Waals surface area contributed by atoms with E-state index in [1.54, 1.807) is 31.2 Å². The zero-order chi connectivity index (χ0) is 21.4. The van der Waals surface area contributed by atoms with Gasteiger partial charge in [-0.1, -0.05) is 24.3 Å². The maximum Gasteiger partial charge on any atom is 0.411 e. The number of hydrogen-bond acceptors (Lipinski definition) is 3. The molecule has 2 N–H and O–H groups in total. The topological polar surface area (TPSA) is 70.7 Å². The van der Waals surface area contributed by atoms with Crippen LogP contribution < -0.4 is 10.6 Å². The molecule has 0 saturated heterocycles. The Morgan fingerprint density at radius 2 is 1.64 bits per heavy atom. The van der Waals surface area contributed by atoms with Crippen LogP contribution in [0.15, 0.2) is 24.3 Å². The zero-order valence-electron chi connectivity index (χ0n) is 16.7. The molecule has 0 bridgehead atoms. The van der Waals surface area contributed by atoms with Crippen molar-refractivity contribution in [1.82, 2.24) is 15.5 Å². The van der Waals surface area contributed by atoms with Crippen LogP contribution in [-0.2, 0) is 22.7 Å². The van der Waals surface area contributed by atoms with Gasteiger partial charge in [0.1, 0.15) is 13.2 Å². The Kier molecular flexibility index (Phi) is 8.74. The minimum Gasteiger partial charge on any atom is -0.367 e. The van der Waals surface area contributed by atoms with Crippen molar-refractivity contribution in [3.8, 4) is 0 Å². The smallest absolute Gasteiger partial charge is 0.367 e. The van der Waals surface area contributed by atoms with Crippen LogP contribution in [0.2, 0.25) is 0 Å². The molecule has 9 heteroatoms. The van der Waals surface area contributed by atoms with Crippen molar-refractivity contribution in [3.05, 3.63) is 35.4 Å².